The molecule has 3 rings (SSSR count). The second-order valence-corrected chi connectivity index (χ2v) is 8.59. The highest BCUT2D eigenvalue weighted by molar-refractivity contribution is 5.42. The van der Waals surface area contributed by atoms with Crippen molar-refractivity contribution < 1.29 is 24.5 Å². The summed E-state index contributed by atoms with van der Waals surface area (Å²) in [6, 6.07) is 9.13. The average molecular weight is 442 g/mol. The molecule has 1 unspecified atom stereocenters. The van der Waals surface area contributed by atoms with Gasteiger partial charge in [0, 0.05) is 30.3 Å². The van der Waals surface area contributed by atoms with Crippen molar-refractivity contribution in [3.63, 3.8) is 0 Å². The van der Waals surface area contributed by atoms with Crippen LogP contribution in [0.3, 0.4) is 0 Å². The van der Waals surface area contributed by atoms with Gasteiger partial charge in [-0.1, -0.05) is 33.3 Å². The van der Waals surface area contributed by atoms with Gasteiger partial charge in [0.2, 0.25) is 0 Å². The number of aromatic hydroxyl groups is 1. The van der Waals surface area contributed by atoms with Crippen molar-refractivity contribution in [2.75, 3.05) is 6.61 Å². The molecule has 0 amide bonds. The molecule has 0 spiro atoms. The van der Waals surface area contributed by atoms with Crippen molar-refractivity contribution in [2.45, 2.75) is 71.5 Å². The number of rotatable bonds is 12. The topological polar surface area (TPSA) is 98.9 Å². The Hall–Kier alpha value is -2.70. The minimum Gasteiger partial charge on any atom is -0.504 e. The molecule has 32 heavy (non-hydrogen) atoms. The standard InChI is InChI=1S/C26H35NO5/c1-4-5-6-25-20(15-28)12-21(32-25)9-7-18-8-10-23(29)26(11-18)31-16-24(30)22-13-19(14-27-22)17(2)3/h8,10-14,17,24,27-30H,4-7,9,15-16H2,1-3H3. The van der Waals surface area contributed by atoms with Crippen LogP contribution in [0.15, 0.2) is 40.9 Å². The number of hydrogen-bond acceptors (Lipinski definition) is 5. The van der Waals surface area contributed by atoms with Gasteiger partial charge in [0.1, 0.15) is 24.2 Å². The summed E-state index contributed by atoms with van der Waals surface area (Å²) in [7, 11) is 0. The molecule has 6 nitrogen and oxygen atoms in total. The smallest absolute Gasteiger partial charge is 0.161 e. The van der Waals surface area contributed by atoms with Crippen LogP contribution in [0.2, 0.25) is 0 Å². The van der Waals surface area contributed by atoms with Crippen LogP contribution < -0.4 is 4.74 Å². The number of ether oxygens (including phenoxy) is 1. The van der Waals surface area contributed by atoms with Crippen LogP contribution >= 0.6 is 0 Å². The van der Waals surface area contributed by atoms with Crippen LogP contribution in [0, 0.1) is 0 Å². The van der Waals surface area contributed by atoms with Gasteiger partial charge in [-0.3, -0.25) is 0 Å². The average Bonchev–Trinajstić information content (AvgIpc) is 3.43. The number of H-pyrrole nitrogens is 1. The van der Waals surface area contributed by atoms with Gasteiger partial charge in [-0.15, -0.1) is 0 Å². The lowest BCUT2D eigenvalue weighted by molar-refractivity contribution is 0.103. The van der Waals surface area contributed by atoms with Gasteiger partial charge in [-0.25, -0.2) is 0 Å². The molecule has 0 aliphatic heterocycles. The van der Waals surface area contributed by atoms with Crippen molar-refractivity contribution in [3.05, 3.63) is 70.4 Å². The monoisotopic (exact) mass is 441 g/mol. The molecule has 6 heteroatoms. The number of phenolic OH excluding ortho intramolecular Hbond substituents is 1. The molecule has 174 valence electrons. The first-order valence-electron chi connectivity index (χ1n) is 11.4. The normalized spacial score (nSPS) is 12.4. The summed E-state index contributed by atoms with van der Waals surface area (Å²) in [5.74, 6) is 2.48. The van der Waals surface area contributed by atoms with Crippen molar-refractivity contribution in [1.29, 1.82) is 0 Å². The van der Waals surface area contributed by atoms with E-state index in [-0.39, 0.29) is 19.0 Å². The Kier molecular flexibility index (Phi) is 8.42. The Morgan fingerprint density at radius 1 is 1.09 bits per heavy atom. The summed E-state index contributed by atoms with van der Waals surface area (Å²) < 4.78 is 11.7. The first-order chi connectivity index (χ1) is 15.4. The van der Waals surface area contributed by atoms with Crippen LogP contribution in [0.5, 0.6) is 11.5 Å². The predicted molar refractivity (Wildman–Crippen MR) is 124 cm³/mol. The van der Waals surface area contributed by atoms with E-state index in [0.717, 1.165) is 47.5 Å². The van der Waals surface area contributed by atoms with Gasteiger partial charge in [-0.05, 0) is 54.2 Å². The molecule has 0 bridgehead atoms. The fourth-order valence-corrected chi connectivity index (χ4v) is 3.64. The quantitative estimate of drug-likeness (QED) is 0.311. The number of unbranched alkanes of at least 4 members (excludes halogenated alkanes) is 1. The highest BCUT2D eigenvalue weighted by atomic mass is 16.5. The summed E-state index contributed by atoms with van der Waals surface area (Å²) in [6.07, 6.45) is 5.43. The summed E-state index contributed by atoms with van der Waals surface area (Å²) in [4.78, 5) is 3.09. The second-order valence-electron chi connectivity index (χ2n) is 8.59. The van der Waals surface area contributed by atoms with Crippen molar-refractivity contribution in [1.82, 2.24) is 4.98 Å². The molecule has 4 N–H and O–H groups in total. The molecule has 2 heterocycles. The van der Waals surface area contributed by atoms with Crippen LogP contribution in [0.4, 0.5) is 0 Å². The zero-order valence-electron chi connectivity index (χ0n) is 19.2. The van der Waals surface area contributed by atoms with Crippen molar-refractivity contribution >= 4 is 0 Å². The maximum atomic E-state index is 10.4. The molecule has 2 aromatic heterocycles. The molecule has 0 aliphatic carbocycles. The zero-order valence-corrected chi connectivity index (χ0v) is 19.2. The lowest BCUT2D eigenvalue weighted by Gasteiger charge is -2.13. The number of aliphatic hydroxyl groups excluding tert-OH is 2. The van der Waals surface area contributed by atoms with E-state index < -0.39 is 6.10 Å². The Balaban J connectivity index is 1.60. The molecular weight excluding hydrogens is 406 g/mol. The molecule has 3 aromatic rings. The third-order valence-electron chi connectivity index (χ3n) is 5.71. The van der Waals surface area contributed by atoms with Crippen molar-refractivity contribution in [3.8, 4) is 11.5 Å². The highest BCUT2D eigenvalue weighted by Gasteiger charge is 2.15. The van der Waals surface area contributed by atoms with E-state index in [1.54, 1.807) is 12.1 Å². The number of aromatic nitrogens is 1. The molecule has 0 fully saturated rings. The third kappa shape index (κ3) is 6.17. The Morgan fingerprint density at radius 2 is 1.91 bits per heavy atom. The van der Waals surface area contributed by atoms with E-state index in [9.17, 15) is 15.3 Å². The molecule has 0 radical (unpaired) electrons. The fourth-order valence-electron chi connectivity index (χ4n) is 3.64. The Morgan fingerprint density at radius 3 is 2.59 bits per heavy atom. The molecule has 1 aromatic carbocycles. The van der Waals surface area contributed by atoms with E-state index in [0.29, 0.717) is 30.2 Å². The van der Waals surface area contributed by atoms with E-state index in [2.05, 4.69) is 25.8 Å². The minimum atomic E-state index is -0.813. The van der Waals surface area contributed by atoms with E-state index >= 15 is 0 Å². The van der Waals surface area contributed by atoms with Gasteiger partial charge in [0.15, 0.2) is 11.5 Å². The lowest BCUT2D eigenvalue weighted by atomic mass is 10.1. The second kappa shape index (κ2) is 11.2. The zero-order chi connectivity index (χ0) is 23.1. The predicted octanol–water partition coefficient (Wildman–Crippen LogP) is 5.17. The van der Waals surface area contributed by atoms with Gasteiger partial charge >= 0.3 is 0 Å². The molecule has 0 aliphatic rings. The van der Waals surface area contributed by atoms with Crippen LogP contribution in [0.1, 0.15) is 79.5 Å². The van der Waals surface area contributed by atoms with E-state index in [1.165, 1.54) is 0 Å². The third-order valence-corrected chi connectivity index (χ3v) is 5.71. The summed E-state index contributed by atoms with van der Waals surface area (Å²) in [6.45, 7) is 6.35. The Labute approximate surface area is 189 Å². The number of aromatic amines is 1. The van der Waals surface area contributed by atoms with Crippen LogP contribution in [-0.2, 0) is 25.9 Å². The van der Waals surface area contributed by atoms with Crippen LogP contribution in [-0.4, -0.2) is 26.9 Å². The minimum absolute atomic E-state index is 0.0124. The maximum absolute atomic E-state index is 10.4. The molecule has 0 saturated carbocycles. The Bertz CT molecular complexity index is 988. The number of aliphatic hydroxyl groups is 2. The van der Waals surface area contributed by atoms with Gasteiger partial charge in [0.05, 0.1) is 6.61 Å². The number of phenols is 1. The van der Waals surface area contributed by atoms with Gasteiger partial charge in [-0.2, -0.15) is 0 Å². The number of aryl methyl sites for hydroxylation is 3. The summed E-state index contributed by atoms with van der Waals surface area (Å²) >= 11 is 0. The lowest BCUT2D eigenvalue weighted by Crippen LogP contribution is -2.10. The number of nitrogens with one attached hydrogen (secondary N) is 1. The van der Waals surface area contributed by atoms with Gasteiger partial charge in [0.25, 0.3) is 0 Å². The molecule has 0 saturated heterocycles. The molecular formula is C26H35NO5. The largest absolute Gasteiger partial charge is 0.504 e. The van der Waals surface area contributed by atoms with Gasteiger partial charge < -0.3 is 29.5 Å². The number of hydrogen-bond donors (Lipinski definition) is 4. The summed E-state index contributed by atoms with van der Waals surface area (Å²) in [5, 5.41) is 30.2. The highest BCUT2D eigenvalue weighted by Crippen LogP contribution is 2.29. The maximum Gasteiger partial charge on any atom is 0.161 e. The van der Waals surface area contributed by atoms with E-state index in [1.807, 2.05) is 24.4 Å². The number of benzene rings is 1. The molecule has 1 atom stereocenters. The SMILES string of the molecule is CCCCc1oc(CCc2ccc(O)c(OCC(O)c3cc(C(C)C)c[nH]3)c2)cc1CO. The van der Waals surface area contributed by atoms with Crippen LogP contribution in [0.25, 0.3) is 0 Å². The summed E-state index contributed by atoms with van der Waals surface area (Å²) in [5.41, 5.74) is 3.68. The fraction of sp³-hybridized carbons (Fsp3) is 0.462. The first-order valence-corrected chi connectivity index (χ1v) is 11.4. The van der Waals surface area contributed by atoms with Crippen molar-refractivity contribution in [2.24, 2.45) is 0 Å². The first kappa shape index (κ1) is 24.0. The van der Waals surface area contributed by atoms with E-state index in [4.69, 9.17) is 9.15 Å². The number of furan rings is 1.